The van der Waals surface area contributed by atoms with Crippen molar-refractivity contribution in [3.63, 3.8) is 0 Å². The number of hydrogen-bond donors (Lipinski definition) is 1. The molecule has 0 spiro atoms. The van der Waals surface area contributed by atoms with Crippen molar-refractivity contribution in [1.29, 1.82) is 0 Å². The average molecular weight is 273 g/mol. The van der Waals surface area contributed by atoms with Crippen LogP contribution in [0.5, 0.6) is 0 Å². The summed E-state index contributed by atoms with van der Waals surface area (Å²) in [5.41, 5.74) is 2.08. The number of nitrogens with zero attached hydrogens (tertiary/aromatic N) is 4. The molecule has 0 saturated carbocycles. The number of hydrogen-bond acceptors (Lipinski definition) is 4. The lowest BCUT2D eigenvalue weighted by Crippen LogP contribution is -2.43. The summed E-state index contributed by atoms with van der Waals surface area (Å²) in [6.07, 6.45) is 7.65. The van der Waals surface area contributed by atoms with Gasteiger partial charge in [-0.15, -0.1) is 0 Å². The van der Waals surface area contributed by atoms with E-state index in [0.29, 0.717) is 6.04 Å². The third-order valence-corrected chi connectivity index (χ3v) is 4.17. The minimum Gasteiger partial charge on any atom is -0.367 e. The van der Waals surface area contributed by atoms with E-state index in [4.69, 9.17) is 0 Å². The first-order valence-electron chi connectivity index (χ1n) is 7.57. The molecule has 1 atom stereocenters. The highest BCUT2D eigenvalue weighted by atomic mass is 15.2. The largest absolute Gasteiger partial charge is 0.367 e. The van der Waals surface area contributed by atoms with Crippen LogP contribution in [0.1, 0.15) is 31.9 Å². The van der Waals surface area contributed by atoms with Gasteiger partial charge in [-0.25, -0.2) is 9.50 Å². The van der Waals surface area contributed by atoms with Gasteiger partial charge in [-0.1, -0.05) is 13.3 Å². The lowest BCUT2D eigenvalue weighted by molar-refractivity contribution is 0.164. The fourth-order valence-corrected chi connectivity index (χ4v) is 3.10. The normalized spacial score (nSPS) is 20.4. The number of likely N-dealkylation sites (N-methyl/N-ethyl adjacent to an activating group) is 1. The number of rotatable bonds is 4. The van der Waals surface area contributed by atoms with Gasteiger partial charge in [-0.2, -0.15) is 5.10 Å². The van der Waals surface area contributed by atoms with Crippen LogP contribution in [0.3, 0.4) is 0 Å². The van der Waals surface area contributed by atoms with E-state index in [0.717, 1.165) is 30.1 Å². The van der Waals surface area contributed by atoms with Crippen LogP contribution in [-0.4, -0.2) is 45.2 Å². The van der Waals surface area contributed by atoms with E-state index in [1.54, 1.807) is 6.20 Å². The maximum atomic E-state index is 4.47. The van der Waals surface area contributed by atoms with Crippen molar-refractivity contribution in [3.8, 4) is 0 Å². The van der Waals surface area contributed by atoms with Crippen molar-refractivity contribution < 1.29 is 0 Å². The summed E-state index contributed by atoms with van der Waals surface area (Å²) in [5, 5.41) is 7.95. The van der Waals surface area contributed by atoms with Crippen LogP contribution in [0.2, 0.25) is 0 Å². The number of likely N-dealkylation sites (tertiary alicyclic amines) is 1. The maximum Gasteiger partial charge on any atom is 0.152 e. The highest BCUT2D eigenvalue weighted by Crippen LogP contribution is 2.19. The zero-order chi connectivity index (χ0) is 13.9. The van der Waals surface area contributed by atoms with E-state index in [-0.39, 0.29) is 0 Å². The number of aryl methyl sites for hydroxylation is 1. The second-order valence-corrected chi connectivity index (χ2v) is 5.55. The molecule has 108 valence electrons. The monoisotopic (exact) mass is 273 g/mol. The molecular formula is C15H23N5. The number of piperidine rings is 1. The van der Waals surface area contributed by atoms with Gasteiger partial charge >= 0.3 is 0 Å². The summed E-state index contributed by atoms with van der Waals surface area (Å²) < 4.78 is 1.89. The second kappa shape index (κ2) is 5.79. The van der Waals surface area contributed by atoms with E-state index in [2.05, 4.69) is 33.3 Å². The Kier molecular flexibility index (Phi) is 3.87. The van der Waals surface area contributed by atoms with Crippen molar-refractivity contribution in [3.05, 3.63) is 24.2 Å². The predicted octanol–water partition coefficient (Wildman–Crippen LogP) is 2.32. The molecular weight excluding hydrogens is 250 g/mol. The van der Waals surface area contributed by atoms with Crippen LogP contribution >= 0.6 is 0 Å². The molecule has 20 heavy (non-hydrogen) atoms. The van der Waals surface area contributed by atoms with Crippen molar-refractivity contribution in [2.45, 2.75) is 39.2 Å². The Labute approximate surface area is 120 Å². The Balaban J connectivity index is 1.73. The molecule has 0 aliphatic carbocycles. The first-order valence-corrected chi connectivity index (χ1v) is 7.57. The van der Waals surface area contributed by atoms with Crippen molar-refractivity contribution in [2.75, 3.05) is 25.0 Å². The molecule has 3 heterocycles. The van der Waals surface area contributed by atoms with Crippen molar-refractivity contribution >= 4 is 11.3 Å². The fourth-order valence-electron chi connectivity index (χ4n) is 3.10. The molecule has 2 aromatic heterocycles. The minimum atomic E-state index is 0.625. The Bertz CT molecular complexity index is 577. The first-order chi connectivity index (χ1) is 9.78. The van der Waals surface area contributed by atoms with E-state index >= 15 is 0 Å². The van der Waals surface area contributed by atoms with Crippen molar-refractivity contribution in [1.82, 2.24) is 19.5 Å². The summed E-state index contributed by atoms with van der Waals surface area (Å²) in [4.78, 5) is 7.03. The van der Waals surface area contributed by atoms with Crippen LogP contribution < -0.4 is 5.32 Å². The summed E-state index contributed by atoms with van der Waals surface area (Å²) in [7, 11) is 0. The molecule has 2 aromatic rings. The van der Waals surface area contributed by atoms with Gasteiger partial charge in [0, 0.05) is 25.0 Å². The smallest absolute Gasteiger partial charge is 0.152 e. The van der Waals surface area contributed by atoms with E-state index in [1.165, 1.54) is 25.8 Å². The van der Waals surface area contributed by atoms with Crippen LogP contribution in [0.4, 0.5) is 5.82 Å². The van der Waals surface area contributed by atoms with E-state index < -0.39 is 0 Å². The van der Waals surface area contributed by atoms with Gasteiger partial charge in [0.2, 0.25) is 0 Å². The third-order valence-electron chi connectivity index (χ3n) is 4.17. The Hall–Kier alpha value is -1.62. The standard InChI is InChI=1S/C15H23N5/c1-3-19-8-5-4-6-13(19)11-17-15-14-10-12(2)18-20(14)9-7-16-15/h7,9-10,13H,3-6,8,11H2,1-2H3,(H,16,17). The van der Waals surface area contributed by atoms with Crippen molar-refractivity contribution in [2.24, 2.45) is 0 Å². The SMILES string of the molecule is CCN1CCCCC1CNc1nccn2nc(C)cc12. The Morgan fingerprint density at radius 1 is 1.40 bits per heavy atom. The van der Waals surface area contributed by atoms with E-state index in [1.807, 2.05) is 17.6 Å². The van der Waals surface area contributed by atoms with Gasteiger partial charge in [0.05, 0.1) is 5.69 Å². The Morgan fingerprint density at radius 3 is 3.15 bits per heavy atom. The second-order valence-electron chi connectivity index (χ2n) is 5.55. The summed E-state index contributed by atoms with van der Waals surface area (Å²) in [6, 6.07) is 2.70. The lowest BCUT2D eigenvalue weighted by atomic mass is 10.0. The van der Waals surface area contributed by atoms with Gasteiger partial charge in [-0.05, 0) is 38.9 Å². The molecule has 0 radical (unpaired) electrons. The predicted molar refractivity (Wildman–Crippen MR) is 81.1 cm³/mol. The molecule has 3 rings (SSSR count). The summed E-state index contributed by atoms with van der Waals surface area (Å²) in [5.74, 6) is 0.940. The van der Waals surface area contributed by atoms with Gasteiger partial charge < -0.3 is 5.32 Å². The number of aromatic nitrogens is 3. The first kappa shape index (κ1) is 13.4. The molecule has 1 aliphatic rings. The highest BCUT2D eigenvalue weighted by molar-refractivity contribution is 5.67. The quantitative estimate of drug-likeness (QED) is 0.928. The molecule has 0 bridgehead atoms. The molecule has 5 heteroatoms. The molecule has 5 nitrogen and oxygen atoms in total. The molecule has 1 saturated heterocycles. The highest BCUT2D eigenvalue weighted by Gasteiger charge is 2.20. The third kappa shape index (κ3) is 2.63. The van der Waals surface area contributed by atoms with Crippen LogP contribution in [0.15, 0.2) is 18.5 Å². The van der Waals surface area contributed by atoms with Gasteiger partial charge in [0.15, 0.2) is 5.82 Å². The summed E-state index contributed by atoms with van der Waals surface area (Å²) >= 11 is 0. The van der Waals surface area contributed by atoms with Crippen LogP contribution in [0.25, 0.3) is 5.52 Å². The Morgan fingerprint density at radius 2 is 2.30 bits per heavy atom. The van der Waals surface area contributed by atoms with E-state index in [9.17, 15) is 0 Å². The van der Waals surface area contributed by atoms with Crippen LogP contribution in [-0.2, 0) is 0 Å². The molecule has 0 amide bonds. The summed E-state index contributed by atoms with van der Waals surface area (Å²) in [6.45, 7) is 7.58. The number of nitrogens with one attached hydrogen (secondary N) is 1. The topological polar surface area (TPSA) is 45.5 Å². The fraction of sp³-hybridized carbons (Fsp3) is 0.600. The zero-order valence-electron chi connectivity index (χ0n) is 12.3. The molecule has 1 aliphatic heterocycles. The minimum absolute atomic E-state index is 0.625. The maximum absolute atomic E-state index is 4.47. The lowest BCUT2D eigenvalue weighted by Gasteiger charge is -2.35. The van der Waals surface area contributed by atoms with Crippen LogP contribution in [0, 0.1) is 6.92 Å². The average Bonchev–Trinajstić information content (AvgIpc) is 2.86. The van der Waals surface area contributed by atoms with Gasteiger partial charge in [-0.3, -0.25) is 4.90 Å². The molecule has 1 unspecified atom stereocenters. The molecule has 0 aromatic carbocycles. The van der Waals surface area contributed by atoms with Gasteiger partial charge in [0.1, 0.15) is 5.52 Å². The zero-order valence-corrected chi connectivity index (χ0v) is 12.3. The van der Waals surface area contributed by atoms with Gasteiger partial charge in [0.25, 0.3) is 0 Å². The number of fused-ring (bicyclic) bond motifs is 1. The molecule has 1 fully saturated rings. The number of anilines is 1. The molecule has 1 N–H and O–H groups in total.